The molecule has 1 unspecified atom stereocenters. The first-order valence-corrected chi connectivity index (χ1v) is 4.59. The summed E-state index contributed by atoms with van der Waals surface area (Å²) in [5, 5.41) is 8.60. The van der Waals surface area contributed by atoms with Crippen LogP contribution in [0.4, 0.5) is 4.39 Å². The minimum Gasteiger partial charge on any atom is -0.393 e. The number of hydrogen-bond acceptors (Lipinski definition) is 1. The largest absolute Gasteiger partial charge is 0.393 e. The van der Waals surface area contributed by atoms with E-state index in [1.54, 1.807) is 0 Å². The summed E-state index contributed by atoms with van der Waals surface area (Å²) in [7, 11) is 0. The van der Waals surface area contributed by atoms with Gasteiger partial charge in [0.05, 0.1) is 6.61 Å². The molecule has 1 N–H and O–H groups in total. The minimum absolute atomic E-state index is 0.141. The summed E-state index contributed by atoms with van der Waals surface area (Å²) in [6.45, 7) is -0.287. The number of aliphatic hydroxyl groups is 1. The van der Waals surface area contributed by atoms with Crippen molar-refractivity contribution >= 4 is 0 Å². The molecule has 0 amide bonds. The van der Waals surface area contributed by atoms with Crippen molar-refractivity contribution in [2.75, 3.05) is 6.61 Å². The van der Waals surface area contributed by atoms with E-state index in [9.17, 15) is 4.39 Å². The van der Waals surface area contributed by atoms with Crippen LogP contribution in [-0.2, 0) is 0 Å². The first-order valence-electron chi connectivity index (χ1n) is 4.59. The van der Waals surface area contributed by atoms with Crippen molar-refractivity contribution in [3.63, 3.8) is 0 Å². The molecule has 11 heavy (non-hydrogen) atoms. The van der Waals surface area contributed by atoms with Crippen LogP contribution in [0.3, 0.4) is 0 Å². The molecular weight excluding hydrogens is 143 g/mol. The lowest BCUT2D eigenvalue weighted by atomic mass is 9.95. The predicted molar refractivity (Wildman–Crippen MR) is 43.2 cm³/mol. The van der Waals surface area contributed by atoms with E-state index >= 15 is 0 Å². The molecule has 1 nitrogen and oxygen atoms in total. The lowest BCUT2D eigenvalue weighted by molar-refractivity contribution is 0.117. The second-order valence-electron chi connectivity index (χ2n) is 3.45. The lowest BCUT2D eigenvalue weighted by Gasteiger charge is -2.16. The molecule has 0 aromatic rings. The second kappa shape index (κ2) is 4.70. The fourth-order valence-electron chi connectivity index (χ4n) is 1.82. The smallest absolute Gasteiger partial charge is 0.126 e. The number of halogens is 1. The van der Waals surface area contributed by atoms with Crippen molar-refractivity contribution in [2.24, 2.45) is 5.92 Å². The maximum absolute atomic E-state index is 12.9. The fourth-order valence-corrected chi connectivity index (χ4v) is 1.82. The standard InChI is InChI=1S/C9H17FO/c10-9(7-11)8-5-3-1-2-4-6-8/h8-9,11H,1-7H2. The zero-order valence-electron chi connectivity index (χ0n) is 6.93. The van der Waals surface area contributed by atoms with Gasteiger partial charge in [0.25, 0.3) is 0 Å². The van der Waals surface area contributed by atoms with E-state index in [0.29, 0.717) is 0 Å². The van der Waals surface area contributed by atoms with Gasteiger partial charge in [0.1, 0.15) is 6.17 Å². The summed E-state index contributed by atoms with van der Waals surface area (Å²) in [5.41, 5.74) is 0. The van der Waals surface area contributed by atoms with Crippen LogP contribution < -0.4 is 0 Å². The van der Waals surface area contributed by atoms with Gasteiger partial charge >= 0.3 is 0 Å². The number of rotatable bonds is 2. The van der Waals surface area contributed by atoms with Gasteiger partial charge in [-0.3, -0.25) is 0 Å². The highest BCUT2D eigenvalue weighted by molar-refractivity contribution is 4.71. The molecule has 1 saturated carbocycles. The Morgan fingerprint density at radius 1 is 1.18 bits per heavy atom. The number of hydrogen-bond donors (Lipinski definition) is 1. The van der Waals surface area contributed by atoms with Crippen molar-refractivity contribution in [1.29, 1.82) is 0 Å². The van der Waals surface area contributed by atoms with Gasteiger partial charge < -0.3 is 5.11 Å². The van der Waals surface area contributed by atoms with Gasteiger partial charge in [0.2, 0.25) is 0 Å². The summed E-state index contributed by atoms with van der Waals surface area (Å²) in [4.78, 5) is 0. The first-order chi connectivity index (χ1) is 5.34. The molecule has 0 saturated heterocycles. The van der Waals surface area contributed by atoms with E-state index in [1.165, 1.54) is 12.8 Å². The zero-order valence-corrected chi connectivity index (χ0v) is 6.93. The second-order valence-corrected chi connectivity index (χ2v) is 3.45. The van der Waals surface area contributed by atoms with Crippen LogP contribution in [0.25, 0.3) is 0 Å². The van der Waals surface area contributed by atoms with E-state index in [4.69, 9.17) is 5.11 Å². The Labute approximate surface area is 67.6 Å². The van der Waals surface area contributed by atoms with Crippen molar-refractivity contribution in [1.82, 2.24) is 0 Å². The van der Waals surface area contributed by atoms with Crippen LogP contribution in [-0.4, -0.2) is 17.9 Å². The summed E-state index contributed by atoms with van der Waals surface area (Å²) < 4.78 is 12.9. The molecule has 0 aromatic heterocycles. The van der Waals surface area contributed by atoms with Gasteiger partial charge in [0, 0.05) is 0 Å². The van der Waals surface area contributed by atoms with Crippen LogP contribution in [0, 0.1) is 5.92 Å². The molecule has 1 aliphatic carbocycles. The molecule has 0 radical (unpaired) electrons. The van der Waals surface area contributed by atoms with Crippen LogP contribution in [0.5, 0.6) is 0 Å². The van der Waals surface area contributed by atoms with Crippen molar-refractivity contribution in [3.8, 4) is 0 Å². The predicted octanol–water partition coefficient (Wildman–Crippen LogP) is 2.29. The fraction of sp³-hybridized carbons (Fsp3) is 1.00. The van der Waals surface area contributed by atoms with Crippen molar-refractivity contribution in [2.45, 2.75) is 44.7 Å². The summed E-state index contributed by atoms with van der Waals surface area (Å²) >= 11 is 0. The van der Waals surface area contributed by atoms with Gasteiger partial charge in [-0.25, -0.2) is 4.39 Å². The van der Waals surface area contributed by atoms with E-state index in [0.717, 1.165) is 25.7 Å². The zero-order chi connectivity index (χ0) is 8.10. The highest BCUT2D eigenvalue weighted by Gasteiger charge is 2.20. The molecular formula is C9H17FO. The average molecular weight is 160 g/mol. The molecule has 1 fully saturated rings. The molecule has 1 rings (SSSR count). The third-order valence-electron chi connectivity index (χ3n) is 2.59. The van der Waals surface area contributed by atoms with E-state index in [-0.39, 0.29) is 12.5 Å². The summed E-state index contributed by atoms with van der Waals surface area (Å²) in [6, 6.07) is 0. The first kappa shape index (κ1) is 8.98. The number of aliphatic hydroxyl groups excluding tert-OH is 1. The highest BCUT2D eigenvalue weighted by atomic mass is 19.1. The SMILES string of the molecule is OCC(F)C1CCCCCC1. The lowest BCUT2D eigenvalue weighted by Crippen LogP contribution is -2.19. The quantitative estimate of drug-likeness (QED) is 0.614. The van der Waals surface area contributed by atoms with Crippen molar-refractivity contribution < 1.29 is 9.50 Å². The molecule has 66 valence electrons. The Balaban J connectivity index is 2.30. The third kappa shape index (κ3) is 2.78. The van der Waals surface area contributed by atoms with Crippen molar-refractivity contribution in [3.05, 3.63) is 0 Å². The van der Waals surface area contributed by atoms with E-state index < -0.39 is 6.17 Å². The van der Waals surface area contributed by atoms with Crippen LogP contribution >= 0.6 is 0 Å². The Hall–Kier alpha value is -0.110. The maximum atomic E-state index is 12.9. The normalized spacial score (nSPS) is 24.5. The van der Waals surface area contributed by atoms with E-state index in [2.05, 4.69) is 0 Å². The molecule has 0 spiro atoms. The molecule has 0 bridgehead atoms. The van der Waals surface area contributed by atoms with Gasteiger partial charge in [-0.05, 0) is 18.8 Å². The number of alkyl halides is 1. The van der Waals surface area contributed by atoms with Gasteiger partial charge in [-0.1, -0.05) is 25.7 Å². The monoisotopic (exact) mass is 160 g/mol. The average Bonchev–Trinajstić information content (AvgIpc) is 2.30. The van der Waals surface area contributed by atoms with E-state index in [1.807, 2.05) is 0 Å². The van der Waals surface area contributed by atoms with Crippen LogP contribution in [0.15, 0.2) is 0 Å². The molecule has 0 aromatic carbocycles. The summed E-state index contributed by atoms with van der Waals surface area (Å²) in [5.74, 6) is 0.141. The Bertz CT molecular complexity index is 97.7. The Morgan fingerprint density at radius 2 is 1.73 bits per heavy atom. The topological polar surface area (TPSA) is 20.2 Å². The van der Waals surface area contributed by atoms with Gasteiger partial charge in [0.15, 0.2) is 0 Å². The highest BCUT2D eigenvalue weighted by Crippen LogP contribution is 2.26. The Kier molecular flexibility index (Phi) is 3.84. The summed E-state index contributed by atoms with van der Waals surface area (Å²) in [6.07, 6.45) is 5.76. The third-order valence-corrected chi connectivity index (χ3v) is 2.59. The molecule has 1 aliphatic rings. The molecule has 0 aliphatic heterocycles. The molecule has 1 atom stereocenters. The minimum atomic E-state index is -0.965. The molecule has 2 heteroatoms. The maximum Gasteiger partial charge on any atom is 0.126 e. The molecule has 0 heterocycles. The van der Waals surface area contributed by atoms with Crippen LogP contribution in [0.1, 0.15) is 38.5 Å². The Morgan fingerprint density at radius 3 is 2.18 bits per heavy atom. The van der Waals surface area contributed by atoms with Crippen LogP contribution in [0.2, 0.25) is 0 Å². The van der Waals surface area contributed by atoms with Gasteiger partial charge in [-0.2, -0.15) is 0 Å². The van der Waals surface area contributed by atoms with Gasteiger partial charge in [-0.15, -0.1) is 0 Å².